The van der Waals surface area contributed by atoms with Gasteiger partial charge in [0.2, 0.25) is 0 Å². The number of rotatable bonds is 2. The molecule has 1 unspecified atom stereocenters. The number of hydrogen-bond donors (Lipinski definition) is 0. The molecule has 0 aromatic heterocycles. The summed E-state index contributed by atoms with van der Waals surface area (Å²) in [4.78, 5) is 13.6. The number of carbonyl (C=O) groups excluding carboxylic acids is 1. The molecule has 0 saturated carbocycles. The number of halogens is 3. The minimum atomic E-state index is -4.06. The van der Waals surface area contributed by atoms with Gasteiger partial charge in [0.25, 0.3) is 15.0 Å². The van der Waals surface area contributed by atoms with E-state index in [0.29, 0.717) is 19.0 Å². The standard InChI is InChI=1S/C12H12Cl3NO3S/c1-7-2-3-16(6-7)12(17)8-4-9(13)11(14)10(5-8)20(15,18)19/h4-5,7H,2-3,6H2,1H3. The number of likely N-dealkylation sites (tertiary alicyclic amines) is 1. The maximum absolute atomic E-state index is 12.3. The Bertz CT molecular complexity index is 660. The van der Waals surface area contributed by atoms with Crippen LogP contribution in [0.1, 0.15) is 23.7 Å². The van der Waals surface area contributed by atoms with Gasteiger partial charge in [0.05, 0.1) is 10.0 Å². The van der Waals surface area contributed by atoms with Crippen LogP contribution in [0, 0.1) is 5.92 Å². The quantitative estimate of drug-likeness (QED) is 0.763. The van der Waals surface area contributed by atoms with Crippen molar-refractivity contribution >= 4 is 48.8 Å². The molecule has 1 amide bonds. The van der Waals surface area contributed by atoms with Crippen LogP contribution >= 0.6 is 33.9 Å². The van der Waals surface area contributed by atoms with E-state index in [2.05, 4.69) is 6.92 Å². The van der Waals surface area contributed by atoms with Crippen molar-refractivity contribution in [3.05, 3.63) is 27.7 Å². The van der Waals surface area contributed by atoms with Crippen molar-refractivity contribution < 1.29 is 13.2 Å². The zero-order valence-corrected chi connectivity index (χ0v) is 13.7. The Morgan fingerprint density at radius 3 is 2.50 bits per heavy atom. The van der Waals surface area contributed by atoms with E-state index >= 15 is 0 Å². The lowest BCUT2D eigenvalue weighted by Crippen LogP contribution is -2.28. The summed E-state index contributed by atoms with van der Waals surface area (Å²) in [5.74, 6) is 0.160. The van der Waals surface area contributed by atoms with Gasteiger partial charge >= 0.3 is 0 Å². The molecule has 1 aromatic rings. The van der Waals surface area contributed by atoms with Crippen LogP contribution in [0.25, 0.3) is 0 Å². The van der Waals surface area contributed by atoms with Crippen molar-refractivity contribution in [1.29, 1.82) is 0 Å². The molecule has 0 N–H and O–H groups in total. The van der Waals surface area contributed by atoms with E-state index in [1.165, 1.54) is 12.1 Å². The molecule has 1 aliphatic heterocycles. The fourth-order valence-corrected chi connectivity index (χ4v) is 3.93. The van der Waals surface area contributed by atoms with Gasteiger partial charge in [-0.05, 0) is 24.5 Å². The number of benzene rings is 1. The molecular weight excluding hydrogens is 345 g/mol. The first-order valence-corrected chi connectivity index (χ1v) is 8.99. The normalized spacial score (nSPS) is 19.4. The molecule has 4 nitrogen and oxygen atoms in total. The van der Waals surface area contributed by atoms with Crippen molar-refractivity contribution in [2.45, 2.75) is 18.2 Å². The molecule has 2 rings (SSSR count). The van der Waals surface area contributed by atoms with Gasteiger partial charge in [-0.15, -0.1) is 0 Å². The second-order valence-electron chi connectivity index (χ2n) is 4.85. The highest BCUT2D eigenvalue weighted by Crippen LogP contribution is 2.33. The Hall–Kier alpha value is -0.490. The van der Waals surface area contributed by atoms with E-state index < -0.39 is 9.05 Å². The van der Waals surface area contributed by atoms with Crippen LogP contribution in [0.4, 0.5) is 0 Å². The van der Waals surface area contributed by atoms with Crippen LogP contribution in [0.2, 0.25) is 10.0 Å². The molecule has 1 aliphatic rings. The van der Waals surface area contributed by atoms with Gasteiger partial charge in [0, 0.05) is 29.3 Å². The van der Waals surface area contributed by atoms with Crippen LogP contribution in [0.15, 0.2) is 17.0 Å². The first kappa shape index (κ1) is 15.9. The third kappa shape index (κ3) is 3.22. The maximum atomic E-state index is 12.3. The van der Waals surface area contributed by atoms with Gasteiger partial charge in [-0.2, -0.15) is 0 Å². The molecule has 0 bridgehead atoms. The molecule has 0 radical (unpaired) electrons. The van der Waals surface area contributed by atoms with Crippen LogP contribution in [0.5, 0.6) is 0 Å². The monoisotopic (exact) mass is 355 g/mol. The molecule has 0 spiro atoms. The van der Waals surface area contributed by atoms with Gasteiger partial charge in [0.1, 0.15) is 4.90 Å². The molecule has 8 heteroatoms. The molecule has 1 fully saturated rings. The lowest BCUT2D eigenvalue weighted by Gasteiger charge is -2.17. The van der Waals surface area contributed by atoms with Crippen LogP contribution in [-0.2, 0) is 9.05 Å². The van der Waals surface area contributed by atoms with Crippen LogP contribution < -0.4 is 0 Å². The lowest BCUT2D eigenvalue weighted by atomic mass is 10.2. The third-order valence-corrected chi connectivity index (χ3v) is 5.48. The first-order valence-electron chi connectivity index (χ1n) is 5.93. The van der Waals surface area contributed by atoms with E-state index in [-0.39, 0.29) is 26.4 Å². The van der Waals surface area contributed by atoms with Crippen molar-refractivity contribution in [2.24, 2.45) is 5.92 Å². The Balaban J connectivity index is 2.43. The second-order valence-corrected chi connectivity index (χ2v) is 8.17. The Morgan fingerprint density at radius 2 is 2.00 bits per heavy atom. The topological polar surface area (TPSA) is 54.5 Å². The SMILES string of the molecule is CC1CCN(C(=O)c2cc(Cl)c(Cl)c(S(=O)(=O)Cl)c2)C1. The zero-order valence-electron chi connectivity index (χ0n) is 10.6. The van der Waals surface area contributed by atoms with Gasteiger partial charge in [-0.1, -0.05) is 30.1 Å². The Kier molecular flexibility index (Phi) is 4.54. The first-order chi connectivity index (χ1) is 9.20. The fourth-order valence-electron chi connectivity index (χ4n) is 2.17. The predicted molar refractivity (Wildman–Crippen MR) is 79.2 cm³/mol. The minimum Gasteiger partial charge on any atom is -0.338 e. The van der Waals surface area contributed by atoms with Crippen molar-refractivity contribution in [2.75, 3.05) is 13.1 Å². The van der Waals surface area contributed by atoms with E-state index in [9.17, 15) is 13.2 Å². The minimum absolute atomic E-state index is 0.0102. The molecule has 1 saturated heterocycles. The smallest absolute Gasteiger partial charge is 0.262 e. The maximum Gasteiger partial charge on any atom is 0.262 e. The summed E-state index contributed by atoms with van der Waals surface area (Å²) in [6.45, 7) is 3.34. The van der Waals surface area contributed by atoms with Crippen LogP contribution in [0.3, 0.4) is 0 Å². The average Bonchev–Trinajstić information content (AvgIpc) is 2.76. The van der Waals surface area contributed by atoms with Gasteiger partial charge in [-0.3, -0.25) is 4.79 Å². The van der Waals surface area contributed by atoms with Crippen molar-refractivity contribution in [3.63, 3.8) is 0 Å². The van der Waals surface area contributed by atoms with Crippen LogP contribution in [-0.4, -0.2) is 32.3 Å². The number of hydrogen-bond acceptors (Lipinski definition) is 3. The average molecular weight is 357 g/mol. The van der Waals surface area contributed by atoms with E-state index in [1.54, 1.807) is 4.90 Å². The molecule has 110 valence electrons. The third-order valence-electron chi connectivity index (χ3n) is 3.22. The Labute approximate surface area is 132 Å². The second kappa shape index (κ2) is 5.72. The summed E-state index contributed by atoms with van der Waals surface area (Å²) >= 11 is 11.7. The summed E-state index contributed by atoms with van der Waals surface area (Å²) in [7, 11) is 1.24. The lowest BCUT2D eigenvalue weighted by molar-refractivity contribution is 0.0788. The van der Waals surface area contributed by atoms with Gasteiger partial charge in [0.15, 0.2) is 0 Å². The number of amides is 1. The van der Waals surface area contributed by atoms with E-state index in [0.717, 1.165) is 6.42 Å². The summed E-state index contributed by atoms with van der Waals surface area (Å²) in [5, 5.41) is -0.183. The van der Waals surface area contributed by atoms with E-state index in [1.807, 2.05) is 0 Å². The highest BCUT2D eigenvalue weighted by molar-refractivity contribution is 8.13. The van der Waals surface area contributed by atoms with E-state index in [4.69, 9.17) is 33.9 Å². The van der Waals surface area contributed by atoms with Crippen molar-refractivity contribution in [3.8, 4) is 0 Å². The highest BCUT2D eigenvalue weighted by atomic mass is 35.7. The summed E-state index contributed by atoms with van der Waals surface area (Å²) in [6.07, 6.45) is 0.924. The highest BCUT2D eigenvalue weighted by Gasteiger charge is 2.27. The molecule has 0 aliphatic carbocycles. The fraction of sp³-hybridized carbons (Fsp3) is 0.417. The molecule has 1 atom stereocenters. The summed E-state index contributed by atoms with van der Waals surface area (Å²) in [5.41, 5.74) is 0.174. The number of carbonyl (C=O) groups is 1. The molecule has 1 heterocycles. The predicted octanol–water partition coefficient (Wildman–Crippen LogP) is 3.40. The van der Waals surface area contributed by atoms with Crippen molar-refractivity contribution in [1.82, 2.24) is 4.90 Å². The summed E-state index contributed by atoms with van der Waals surface area (Å²) < 4.78 is 22.9. The largest absolute Gasteiger partial charge is 0.338 e. The number of nitrogens with zero attached hydrogens (tertiary/aromatic N) is 1. The molecule has 1 aromatic carbocycles. The zero-order chi connectivity index (χ0) is 15.1. The molecular formula is C12H12Cl3NO3S. The van der Waals surface area contributed by atoms with Gasteiger partial charge in [-0.25, -0.2) is 8.42 Å². The molecule has 20 heavy (non-hydrogen) atoms. The van der Waals surface area contributed by atoms with Gasteiger partial charge < -0.3 is 4.90 Å². The summed E-state index contributed by atoms with van der Waals surface area (Å²) in [6, 6.07) is 2.53. The Morgan fingerprint density at radius 1 is 1.35 bits per heavy atom.